The highest BCUT2D eigenvalue weighted by Crippen LogP contribution is 2.39. The SMILES string of the molecule is Nc1cc(Cl)c(C(F)F)c(OC(F)(F)F)c1. The summed E-state index contributed by atoms with van der Waals surface area (Å²) >= 11 is 5.35. The van der Waals surface area contributed by atoms with E-state index in [0.29, 0.717) is 6.07 Å². The quantitative estimate of drug-likeness (QED) is 0.650. The molecule has 0 aromatic heterocycles. The molecule has 2 N–H and O–H groups in total. The van der Waals surface area contributed by atoms with Gasteiger partial charge in [0.15, 0.2) is 0 Å². The number of nitrogen functional groups attached to an aromatic ring is 1. The van der Waals surface area contributed by atoms with Crippen molar-refractivity contribution >= 4 is 17.3 Å². The second-order valence-corrected chi connectivity index (χ2v) is 3.17. The first kappa shape index (κ1) is 12.8. The Morgan fingerprint density at radius 3 is 2.25 bits per heavy atom. The Hall–Kier alpha value is -1.24. The maximum Gasteiger partial charge on any atom is 0.573 e. The smallest absolute Gasteiger partial charge is 0.405 e. The zero-order valence-corrected chi connectivity index (χ0v) is 8.24. The summed E-state index contributed by atoms with van der Waals surface area (Å²) in [6, 6.07) is 1.56. The van der Waals surface area contributed by atoms with Crippen LogP contribution in [0.1, 0.15) is 12.0 Å². The van der Waals surface area contributed by atoms with Crippen LogP contribution in [0.15, 0.2) is 12.1 Å². The Labute approximate surface area is 91.7 Å². The molecule has 0 bridgehead atoms. The molecular formula is C8H5ClF5NO. The van der Waals surface area contributed by atoms with Crippen molar-refractivity contribution < 1.29 is 26.7 Å². The molecule has 0 aliphatic heterocycles. The third-order valence-electron chi connectivity index (χ3n) is 1.56. The lowest BCUT2D eigenvalue weighted by molar-refractivity contribution is -0.275. The largest absolute Gasteiger partial charge is 0.573 e. The van der Waals surface area contributed by atoms with E-state index in [4.69, 9.17) is 17.3 Å². The minimum Gasteiger partial charge on any atom is -0.405 e. The van der Waals surface area contributed by atoms with Gasteiger partial charge in [-0.3, -0.25) is 0 Å². The number of hydrogen-bond acceptors (Lipinski definition) is 2. The number of rotatable bonds is 2. The Bertz CT molecular complexity index is 393. The minimum atomic E-state index is -5.08. The van der Waals surface area contributed by atoms with Crippen molar-refractivity contribution in [1.29, 1.82) is 0 Å². The molecule has 0 radical (unpaired) electrons. The molecule has 8 heteroatoms. The van der Waals surface area contributed by atoms with E-state index in [1.54, 1.807) is 0 Å². The number of alkyl halides is 5. The van der Waals surface area contributed by atoms with Crippen LogP contribution in [0.2, 0.25) is 5.02 Å². The Morgan fingerprint density at radius 1 is 1.25 bits per heavy atom. The van der Waals surface area contributed by atoms with Crippen LogP contribution in [-0.2, 0) is 0 Å². The van der Waals surface area contributed by atoms with Crippen LogP contribution >= 0.6 is 11.6 Å². The number of ether oxygens (including phenoxy) is 1. The van der Waals surface area contributed by atoms with Crippen molar-refractivity contribution in [3.8, 4) is 5.75 Å². The van der Waals surface area contributed by atoms with Crippen LogP contribution in [0, 0.1) is 0 Å². The maximum absolute atomic E-state index is 12.4. The van der Waals surface area contributed by atoms with E-state index in [9.17, 15) is 22.0 Å². The summed E-state index contributed by atoms with van der Waals surface area (Å²) < 4.78 is 63.9. The molecular weight excluding hydrogens is 257 g/mol. The van der Waals surface area contributed by atoms with Crippen molar-refractivity contribution in [3.05, 3.63) is 22.7 Å². The second kappa shape index (κ2) is 4.32. The zero-order chi connectivity index (χ0) is 12.5. The van der Waals surface area contributed by atoms with Gasteiger partial charge in [0.05, 0.1) is 10.6 Å². The Balaban J connectivity index is 3.24. The molecule has 1 aromatic rings. The van der Waals surface area contributed by atoms with Crippen molar-refractivity contribution in [3.63, 3.8) is 0 Å². The van der Waals surface area contributed by atoms with Gasteiger partial charge in [0.1, 0.15) is 5.75 Å². The summed E-state index contributed by atoms with van der Waals surface area (Å²) in [4.78, 5) is 0. The molecule has 16 heavy (non-hydrogen) atoms. The summed E-state index contributed by atoms with van der Waals surface area (Å²) in [6.07, 6.45) is -8.27. The van der Waals surface area contributed by atoms with Gasteiger partial charge >= 0.3 is 6.36 Å². The number of halogens is 6. The molecule has 1 rings (SSSR count). The van der Waals surface area contributed by atoms with Gasteiger partial charge in [-0.25, -0.2) is 8.78 Å². The first-order chi connectivity index (χ1) is 7.20. The summed E-state index contributed by atoms with van der Waals surface area (Å²) in [7, 11) is 0. The van der Waals surface area contributed by atoms with Gasteiger partial charge in [0.25, 0.3) is 6.43 Å². The predicted molar refractivity (Wildman–Crippen MR) is 47.5 cm³/mol. The topological polar surface area (TPSA) is 35.2 Å². The van der Waals surface area contributed by atoms with Crippen LogP contribution in [0.3, 0.4) is 0 Å². The van der Waals surface area contributed by atoms with Gasteiger partial charge in [-0.2, -0.15) is 0 Å². The van der Waals surface area contributed by atoms with E-state index in [0.717, 1.165) is 6.07 Å². The lowest BCUT2D eigenvalue weighted by atomic mass is 10.2. The third kappa shape index (κ3) is 3.13. The van der Waals surface area contributed by atoms with Gasteiger partial charge in [0, 0.05) is 11.8 Å². The maximum atomic E-state index is 12.4. The van der Waals surface area contributed by atoms with Crippen molar-refractivity contribution in [2.75, 3.05) is 5.73 Å². The number of benzene rings is 1. The molecule has 0 unspecified atom stereocenters. The van der Waals surface area contributed by atoms with Gasteiger partial charge < -0.3 is 10.5 Å². The Morgan fingerprint density at radius 2 is 1.81 bits per heavy atom. The standard InChI is InChI=1S/C8H5ClF5NO/c9-4-1-3(15)2-5(6(4)7(10)11)16-8(12,13)14/h1-2,7H,15H2. The summed E-state index contributed by atoms with van der Waals surface area (Å²) in [5.74, 6) is -1.09. The Kier molecular flexibility index (Phi) is 3.47. The van der Waals surface area contributed by atoms with E-state index < -0.39 is 29.1 Å². The molecule has 0 atom stereocenters. The van der Waals surface area contributed by atoms with Gasteiger partial charge in [0.2, 0.25) is 0 Å². The molecule has 0 fully saturated rings. The molecule has 0 heterocycles. The highest BCUT2D eigenvalue weighted by Gasteiger charge is 2.34. The lowest BCUT2D eigenvalue weighted by Crippen LogP contribution is -2.18. The van der Waals surface area contributed by atoms with E-state index >= 15 is 0 Å². The zero-order valence-electron chi connectivity index (χ0n) is 7.49. The highest BCUT2D eigenvalue weighted by molar-refractivity contribution is 6.31. The molecule has 1 aromatic carbocycles. The summed E-state index contributed by atoms with van der Waals surface area (Å²) in [6.45, 7) is 0. The molecule has 90 valence electrons. The van der Waals surface area contributed by atoms with Crippen LogP contribution in [-0.4, -0.2) is 6.36 Å². The average molecular weight is 262 g/mol. The van der Waals surface area contributed by atoms with Crippen LogP contribution in [0.4, 0.5) is 27.6 Å². The molecule has 0 aliphatic carbocycles. The van der Waals surface area contributed by atoms with Crippen LogP contribution in [0.5, 0.6) is 5.75 Å². The van der Waals surface area contributed by atoms with Crippen molar-refractivity contribution in [2.45, 2.75) is 12.8 Å². The van der Waals surface area contributed by atoms with Gasteiger partial charge in [-0.1, -0.05) is 11.6 Å². The third-order valence-corrected chi connectivity index (χ3v) is 1.87. The summed E-state index contributed by atoms with van der Waals surface area (Å²) in [5, 5.41) is -0.575. The lowest BCUT2D eigenvalue weighted by Gasteiger charge is -2.14. The highest BCUT2D eigenvalue weighted by atomic mass is 35.5. The molecule has 0 saturated heterocycles. The van der Waals surface area contributed by atoms with Crippen LogP contribution < -0.4 is 10.5 Å². The number of hydrogen-bond donors (Lipinski definition) is 1. The normalized spacial score (nSPS) is 11.9. The van der Waals surface area contributed by atoms with Crippen molar-refractivity contribution in [1.82, 2.24) is 0 Å². The summed E-state index contributed by atoms with van der Waals surface area (Å²) in [5.41, 5.74) is 3.94. The molecule has 2 nitrogen and oxygen atoms in total. The van der Waals surface area contributed by atoms with E-state index in [-0.39, 0.29) is 5.69 Å². The molecule has 0 saturated carbocycles. The number of nitrogens with two attached hydrogens (primary N) is 1. The fourth-order valence-corrected chi connectivity index (χ4v) is 1.34. The average Bonchev–Trinajstić information content (AvgIpc) is 1.96. The first-order valence-corrected chi connectivity index (χ1v) is 4.21. The molecule has 0 spiro atoms. The van der Waals surface area contributed by atoms with E-state index in [1.165, 1.54) is 0 Å². The number of anilines is 1. The monoisotopic (exact) mass is 261 g/mol. The van der Waals surface area contributed by atoms with Gasteiger partial charge in [-0.15, -0.1) is 13.2 Å². The van der Waals surface area contributed by atoms with E-state index in [2.05, 4.69) is 4.74 Å². The fourth-order valence-electron chi connectivity index (χ4n) is 1.03. The molecule has 0 aliphatic rings. The fraction of sp³-hybridized carbons (Fsp3) is 0.250. The predicted octanol–water partition coefficient (Wildman–Crippen LogP) is 3.76. The van der Waals surface area contributed by atoms with Gasteiger partial charge in [-0.05, 0) is 6.07 Å². The first-order valence-electron chi connectivity index (χ1n) is 3.83. The van der Waals surface area contributed by atoms with Crippen LogP contribution in [0.25, 0.3) is 0 Å². The molecule has 0 amide bonds. The van der Waals surface area contributed by atoms with E-state index in [1.807, 2.05) is 0 Å². The van der Waals surface area contributed by atoms with Crippen molar-refractivity contribution in [2.24, 2.45) is 0 Å². The minimum absolute atomic E-state index is 0.200. The second-order valence-electron chi connectivity index (χ2n) is 2.76.